The van der Waals surface area contributed by atoms with E-state index in [1.165, 1.54) is 0 Å². The Morgan fingerprint density at radius 2 is 1.96 bits per heavy atom. The number of benzene rings is 2. The van der Waals surface area contributed by atoms with Crippen molar-refractivity contribution in [1.29, 1.82) is 5.26 Å². The van der Waals surface area contributed by atoms with Gasteiger partial charge < -0.3 is 9.64 Å². The van der Waals surface area contributed by atoms with Crippen molar-refractivity contribution in [2.45, 2.75) is 18.8 Å². The van der Waals surface area contributed by atoms with Gasteiger partial charge >= 0.3 is 0 Å². The molecule has 24 heavy (non-hydrogen) atoms. The minimum atomic E-state index is -1.27. The minimum absolute atomic E-state index is 0.173. The van der Waals surface area contributed by atoms with E-state index in [0.29, 0.717) is 13.2 Å². The van der Waals surface area contributed by atoms with Gasteiger partial charge in [-0.3, -0.25) is 4.79 Å². The van der Waals surface area contributed by atoms with Crippen LogP contribution in [-0.4, -0.2) is 26.2 Å². The second-order valence-electron chi connectivity index (χ2n) is 6.05. The molecule has 122 valence electrons. The first-order valence-electron chi connectivity index (χ1n) is 8.04. The average Bonchev–Trinajstić information content (AvgIpc) is 2.84. The maximum Gasteiger partial charge on any atom is 0.256 e. The monoisotopic (exact) mass is 320 g/mol. The van der Waals surface area contributed by atoms with Crippen LogP contribution in [0, 0.1) is 18.3 Å². The molecule has 4 nitrogen and oxygen atoms in total. The molecule has 2 aromatic rings. The number of anilines is 1. The molecule has 1 amide bonds. The molecule has 0 saturated carbocycles. The summed E-state index contributed by atoms with van der Waals surface area (Å²) in [5, 5.41) is 10.0. The predicted octanol–water partition coefficient (Wildman–Crippen LogP) is 3.19. The standard InChI is InChI=1S/C20H20N2O2/c1-15-9-10-17-18(13-15)22(11-6-12-24-2)19(23)20(17,14-21)16-7-4-3-5-8-16/h3-5,7-10,13H,6,11-12H2,1-2H3. The van der Waals surface area contributed by atoms with E-state index in [1.807, 2.05) is 55.5 Å². The maximum absolute atomic E-state index is 13.3. The van der Waals surface area contributed by atoms with Gasteiger partial charge in [0.1, 0.15) is 0 Å². The highest BCUT2D eigenvalue weighted by Crippen LogP contribution is 2.46. The van der Waals surface area contributed by atoms with Crippen molar-refractivity contribution >= 4 is 11.6 Å². The van der Waals surface area contributed by atoms with Gasteiger partial charge in [-0.05, 0) is 30.5 Å². The van der Waals surface area contributed by atoms with Gasteiger partial charge in [-0.15, -0.1) is 0 Å². The van der Waals surface area contributed by atoms with E-state index in [2.05, 4.69) is 6.07 Å². The van der Waals surface area contributed by atoms with Crippen LogP contribution in [0.2, 0.25) is 0 Å². The second-order valence-corrected chi connectivity index (χ2v) is 6.05. The summed E-state index contributed by atoms with van der Waals surface area (Å²) in [6.45, 7) is 3.11. The zero-order valence-corrected chi connectivity index (χ0v) is 14.0. The lowest BCUT2D eigenvalue weighted by Crippen LogP contribution is -2.40. The summed E-state index contributed by atoms with van der Waals surface area (Å²) in [4.78, 5) is 15.0. The van der Waals surface area contributed by atoms with Crippen LogP contribution >= 0.6 is 0 Å². The number of methoxy groups -OCH3 is 1. The molecule has 4 heteroatoms. The number of hydrogen-bond acceptors (Lipinski definition) is 3. The van der Waals surface area contributed by atoms with E-state index in [-0.39, 0.29) is 5.91 Å². The van der Waals surface area contributed by atoms with E-state index in [1.54, 1.807) is 12.0 Å². The zero-order chi connectivity index (χ0) is 17.2. The first-order valence-corrected chi connectivity index (χ1v) is 8.04. The molecule has 0 aromatic heterocycles. The Morgan fingerprint density at radius 1 is 1.21 bits per heavy atom. The third kappa shape index (κ3) is 2.38. The lowest BCUT2D eigenvalue weighted by Gasteiger charge is -2.22. The maximum atomic E-state index is 13.3. The molecule has 1 aliphatic heterocycles. The molecule has 1 aliphatic rings. The molecule has 0 N–H and O–H groups in total. The van der Waals surface area contributed by atoms with Gasteiger partial charge in [0.05, 0.1) is 6.07 Å². The van der Waals surface area contributed by atoms with Gasteiger partial charge in [0, 0.05) is 31.5 Å². The molecule has 0 spiro atoms. The number of hydrogen-bond donors (Lipinski definition) is 0. The highest BCUT2D eigenvalue weighted by Gasteiger charge is 2.52. The number of rotatable bonds is 5. The Morgan fingerprint density at radius 3 is 2.62 bits per heavy atom. The smallest absolute Gasteiger partial charge is 0.256 e. The third-order valence-electron chi connectivity index (χ3n) is 4.52. The Hall–Kier alpha value is -2.64. The summed E-state index contributed by atoms with van der Waals surface area (Å²) in [5.74, 6) is -0.173. The summed E-state index contributed by atoms with van der Waals surface area (Å²) in [6, 6.07) is 17.5. The normalized spacial score (nSPS) is 19.2. The largest absolute Gasteiger partial charge is 0.385 e. The fourth-order valence-electron chi connectivity index (χ4n) is 3.34. The lowest BCUT2D eigenvalue weighted by molar-refractivity contribution is -0.120. The van der Waals surface area contributed by atoms with Gasteiger partial charge in [-0.2, -0.15) is 5.26 Å². The van der Waals surface area contributed by atoms with E-state index in [4.69, 9.17) is 4.74 Å². The molecule has 1 unspecified atom stereocenters. The summed E-state index contributed by atoms with van der Waals surface area (Å²) in [5.41, 5.74) is 2.12. The van der Waals surface area contributed by atoms with Gasteiger partial charge in [0.25, 0.3) is 5.91 Å². The SMILES string of the molecule is COCCCN1C(=O)C(C#N)(c2ccccc2)c2ccc(C)cc21. The molecule has 3 rings (SSSR count). The number of carbonyl (C=O) groups is 1. The van der Waals surface area contributed by atoms with Crippen LogP contribution in [0.25, 0.3) is 0 Å². The molecule has 1 heterocycles. The van der Waals surface area contributed by atoms with Gasteiger partial charge in [-0.25, -0.2) is 0 Å². The van der Waals surface area contributed by atoms with E-state index in [9.17, 15) is 10.1 Å². The third-order valence-corrected chi connectivity index (χ3v) is 4.52. The van der Waals surface area contributed by atoms with Crippen LogP contribution in [0.5, 0.6) is 0 Å². The van der Waals surface area contributed by atoms with Gasteiger partial charge in [0.2, 0.25) is 0 Å². The number of carbonyl (C=O) groups excluding carboxylic acids is 1. The van der Waals surface area contributed by atoms with Gasteiger partial charge in [0.15, 0.2) is 5.41 Å². The highest BCUT2D eigenvalue weighted by molar-refractivity contribution is 6.12. The Bertz CT molecular complexity index is 795. The van der Waals surface area contributed by atoms with Crippen LogP contribution in [0.4, 0.5) is 5.69 Å². The first-order chi connectivity index (χ1) is 11.6. The van der Waals surface area contributed by atoms with Crippen molar-refractivity contribution in [3.05, 3.63) is 65.2 Å². The van der Waals surface area contributed by atoms with E-state index < -0.39 is 5.41 Å². The van der Waals surface area contributed by atoms with Crippen molar-refractivity contribution in [3.8, 4) is 6.07 Å². The van der Waals surface area contributed by atoms with Crippen LogP contribution in [-0.2, 0) is 14.9 Å². The molecule has 0 fully saturated rings. The molecular weight excluding hydrogens is 300 g/mol. The summed E-state index contributed by atoms with van der Waals surface area (Å²) < 4.78 is 5.11. The first kappa shape index (κ1) is 16.2. The average molecular weight is 320 g/mol. The minimum Gasteiger partial charge on any atom is -0.385 e. The molecule has 0 aliphatic carbocycles. The molecule has 0 radical (unpaired) electrons. The fourth-order valence-corrected chi connectivity index (χ4v) is 3.34. The Labute approximate surface area is 142 Å². The second kappa shape index (κ2) is 6.46. The number of nitriles is 1. The lowest BCUT2D eigenvalue weighted by atomic mass is 9.76. The van der Waals surface area contributed by atoms with Crippen LogP contribution in [0.3, 0.4) is 0 Å². The number of nitrogens with zero attached hydrogens (tertiary/aromatic N) is 2. The molecular formula is C20H20N2O2. The summed E-state index contributed by atoms with van der Waals surface area (Å²) in [6.07, 6.45) is 0.728. The number of fused-ring (bicyclic) bond motifs is 1. The highest BCUT2D eigenvalue weighted by atomic mass is 16.5. The van der Waals surface area contributed by atoms with Crippen LogP contribution in [0.1, 0.15) is 23.1 Å². The quantitative estimate of drug-likeness (QED) is 0.795. The van der Waals surface area contributed by atoms with Gasteiger partial charge in [-0.1, -0.05) is 42.5 Å². The van der Waals surface area contributed by atoms with E-state index >= 15 is 0 Å². The molecule has 0 saturated heterocycles. The Kier molecular flexibility index (Phi) is 4.37. The topological polar surface area (TPSA) is 53.3 Å². The predicted molar refractivity (Wildman–Crippen MR) is 92.9 cm³/mol. The molecule has 0 bridgehead atoms. The van der Waals surface area contributed by atoms with Crippen molar-refractivity contribution in [2.24, 2.45) is 0 Å². The number of ether oxygens (including phenoxy) is 1. The Balaban J connectivity index is 2.15. The van der Waals surface area contributed by atoms with E-state index in [0.717, 1.165) is 28.8 Å². The molecule has 1 atom stereocenters. The zero-order valence-electron chi connectivity index (χ0n) is 14.0. The number of amides is 1. The van der Waals surface area contributed by atoms with Crippen molar-refractivity contribution < 1.29 is 9.53 Å². The van der Waals surface area contributed by atoms with Crippen molar-refractivity contribution in [2.75, 3.05) is 25.2 Å². The summed E-state index contributed by atoms with van der Waals surface area (Å²) in [7, 11) is 1.65. The van der Waals surface area contributed by atoms with Crippen LogP contribution < -0.4 is 4.90 Å². The number of aryl methyl sites for hydroxylation is 1. The van der Waals surface area contributed by atoms with Crippen LogP contribution in [0.15, 0.2) is 48.5 Å². The summed E-state index contributed by atoms with van der Waals surface area (Å²) >= 11 is 0. The van der Waals surface area contributed by atoms with Crippen molar-refractivity contribution in [3.63, 3.8) is 0 Å². The van der Waals surface area contributed by atoms with Crippen molar-refractivity contribution in [1.82, 2.24) is 0 Å². The molecule has 2 aromatic carbocycles. The fraction of sp³-hybridized carbons (Fsp3) is 0.300.